The normalized spacial score (nSPS) is 14.8. The number of hydrogen-bond donors (Lipinski definition) is 0. The maximum absolute atomic E-state index is 12.8. The lowest BCUT2D eigenvalue weighted by atomic mass is 10.2. The average molecular weight is 449 g/mol. The summed E-state index contributed by atoms with van der Waals surface area (Å²) < 4.78 is 9.03. The van der Waals surface area contributed by atoms with Crippen LogP contribution in [-0.2, 0) is 20.3 Å². The molecule has 2 aromatic heterocycles. The van der Waals surface area contributed by atoms with Crippen molar-refractivity contribution in [2.45, 2.75) is 13.3 Å². The summed E-state index contributed by atoms with van der Waals surface area (Å²) in [6, 6.07) is 6.72. The van der Waals surface area contributed by atoms with Crippen LogP contribution in [0.15, 0.2) is 42.9 Å². The lowest BCUT2D eigenvalue weighted by Gasteiger charge is -2.34. The molecule has 0 radical (unpaired) electrons. The highest BCUT2D eigenvalue weighted by Crippen LogP contribution is 2.27. The molecule has 1 fully saturated rings. The number of carbonyl (C=O) groups excluding carboxylic acids is 1. The van der Waals surface area contributed by atoms with Gasteiger partial charge in [-0.25, -0.2) is 4.68 Å². The monoisotopic (exact) mass is 448 g/mol. The molecule has 0 spiro atoms. The molecule has 4 rings (SSSR count). The molecule has 0 N–H and O–H groups in total. The maximum Gasteiger partial charge on any atom is 0.274 e. The Morgan fingerprint density at radius 3 is 2.67 bits per heavy atom. The van der Waals surface area contributed by atoms with E-state index in [1.807, 2.05) is 24.3 Å². The number of ether oxygens (including phenoxy) is 1. The lowest BCUT2D eigenvalue weighted by molar-refractivity contribution is 0.0621. The van der Waals surface area contributed by atoms with E-state index in [1.54, 1.807) is 39.8 Å². The summed E-state index contributed by atoms with van der Waals surface area (Å²) in [7, 11) is 1.91. The number of halogens is 2. The second-order valence-electron chi connectivity index (χ2n) is 7.18. The fourth-order valence-electron chi connectivity index (χ4n) is 3.36. The Morgan fingerprint density at radius 1 is 1.17 bits per heavy atom. The van der Waals surface area contributed by atoms with Gasteiger partial charge in [0, 0.05) is 62.8 Å². The molecule has 0 unspecified atom stereocenters. The molecule has 1 amide bonds. The Kier molecular flexibility index (Phi) is 6.26. The van der Waals surface area contributed by atoms with Gasteiger partial charge in [0.25, 0.3) is 5.91 Å². The van der Waals surface area contributed by atoms with Gasteiger partial charge in [-0.05, 0) is 24.3 Å². The molecule has 1 aliphatic rings. The number of benzene rings is 1. The summed E-state index contributed by atoms with van der Waals surface area (Å²) in [5.41, 5.74) is 1.58. The number of hydrogen-bond acceptors (Lipinski definition) is 5. The van der Waals surface area contributed by atoms with E-state index in [0.29, 0.717) is 34.6 Å². The van der Waals surface area contributed by atoms with E-state index in [0.717, 1.165) is 19.6 Å². The van der Waals surface area contributed by atoms with Crippen LogP contribution in [0.4, 0.5) is 0 Å². The predicted molar refractivity (Wildman–Crippen MR) is 114 cm³/mol. The number of amides is 1. The summed E-state index contributed by atoms with van der Waals surface area (Å²) in [6.45, 7) is 3.97. The summed E-state index contributed by atoms with van der Waals surface area (Å²) in [5.74, 6) is 0.438. The second-order valence-corrected chi connectivity index (χ2v) is 8.02. The van der Waals surface area contributed by atoms with Gasteiger partial charge in [-0.2, -0.15) is 10.2 Å². The third-order valence-corrected chi connectivity index (χ3v) is 5.46. The molecule has 1 saturated heterocycles. The zero-order chi connectivity index (χ0) is 21.1. The first-order valence-corrected chi connectivity index (χ1v) is 10.3. The highest BCUT2D eigenvalue weighted by Gasteiger charge is 2.24. The fourth-order valence-corrected chi connectivity index (χ4v) is 3.82. The molecule has 0 atom stereocenters. The molecule has 3 heterocycles. The van der Waals surface area contributed by atoms with E-state index in [2.05, 4.69) is 15.1 Å². The molecule has 0 bridgehead atoms. The standard InChI is InChI=1S/C20H22Cl2N6O2/c1-25-12-15(11-23-25)13-26-6-8-27(9-7-26)20(29)18-4-5-28(24-18)14-30-19-3-2-16(21)10-17(19)22/h2-5,10-12H,6-9,13-14H2,1H3. The van der Waals surface area contributed by atoms with Crippen LogP contribution in [0.3, 0.4) is 0 Å². The molecule has 1 aliphatic heterocycles. The van der Waals surface area contributed by atoms with Crippen molar-refractivity contribution < 1.29 is 9.53 Å². The molecule has 1 aromatic carbocycles. The molecule has 8 nitrogen and oxygen atoms in total. The SMILES string of the molecule is Cn1cc(CN2CCN(C(=O)c3ccn(COc4ccc(Cl)cc4Cl)n3)CC2)cn1. The van der Waals surface area contributed by atoms with Crippen LogP contribution in [0.1, 0.15) is 16.1 Å². The highest BCUT2D eigenvalue weighted by molar-refractivity contribution is 6.35. The van der Waals surface area contributed by atoms with Crippen molar-refractivity contribution in [3.63, 3.8) is 0 Å². The number of aromatic nitrogens is 4. The van der Waals surface area contributed by atoms with E-state index < -0.39 is 0 Å². The van der Waals surface area contributed by atoms with Crippen molar-refractivity contribution >= 4 is 29.1 Å². The van der Waals surface area contributed by atoms with Crippen LogP contribution in [0.2, 0.25) is 10.0 Å². The van der Waals surface area contributed by atoms with Crippen molar-refractivity contribution in [2.75, 3.05) is 26.2 Å². The van der Waals surface area contributed by atoms with Gasteiger partial charge < -0.3 is 9.64 Å². The minimum Gasteiger partial charge on any atom is -0.470 e. The molecule has 0 aliphatic carbocycles. The molecule has 3 aromatic rings. The van der Waals surface area contributed by atoms with Gasteiger partial charge >= 0.3 is 0 Å². The van der Waals surface area contributed by atoms with Crippen molar-refractivity contribution in [1.82, 2.24) is 29.4 Å². The zero-order valence-electron chi connectivity index (χ0n) is 16.5. The zero-order valence-corrected chi connectivity index (χ0v) is 18.1. The van der Waals surface area contributed by atoms with E-state index in [1.165, 1.54) is 5.56 Å². The van der Waals surface area contributed by atoms with E-state index in [4.69, 9.17) is 27.9 Å². The van der Waals surface area contributed by atoms with Gasteiger partial charge in [-0.3, -0.25) is 14.4 Å². The molecule has 0 saturated carbocycles. The third kappa shape index (κ3) is 4.95. The summed E-state index contributed by atoms with van der Waals surface area (Å²) in [6.07, 6.45) is 5.61. The topological polar surface area (TPSA) is 68.4 Å². The number of rotatable bonds is 6. The summed E-state index contributed by atoms with van der Waals surface area (Å²) in [4.78, 5) is 16.9. The average Bonchev–Trinajstić information content (AvgIpc) is 3.36. The first kappa shape index (κ1) is 20.7. The largest absolute Gasteiger partial charge is 0.470 e. The predicted octanol–water partition coefficient (Wildman–Crippen LogP) is 2.92. The Bertz CT molecular complexity index is 1030. The van der Waals surface area contributed by atoms with Crippen LogP contribution in [0, 0.1) is 0 Å². The molecular weight excluding hydrogens is 427 g/mol. The van der Waals surface area contributed by atoms with Crippen molar-refractivity contribution in [2.24, 2.45) is 7.05 Å². The quantitative estimate of drug-likeness (QED) is 0.579. The van der Waals surface area contributed by atoms with Gasteiger partial charge in [0.2, 0.25) is 0 Å². The number of nitrogens with zero attached hydrogens (tertiary/aromatic N) is 6. The Morgan fingerprint density at radius 2 is 1.97 bits per heavy atom. The van der Waals surface area contributed by atoms with Gasteiger partial charge in [0.15, 0.2) is 12.4 Å². The van der Waals surface area contributed by atoms with Crippen LogP contribution in [0.5, 0.6) is 5.75 Å². The smallest absolute Gasteiger partial charge is 0.274 e. The van der Waals surface area contributed by atoms with Crippen molar-refractivity contribution in [3.8, 4) is 5.75 Å². The van der Waals surface area contributed by atoms with Crippen LogP contribution in [-0.4, -0.2) is 61.4 Å². The number of aryl methyl sites for hydroxylation is 1. The van der Waals surface area contributed by atoms with E-state index >= 15 is 0 Å². The number of carbonyl (C=O) groups is 1. The first-order chi connectivity index (χ1) is 14.5. The lowest BCUT2D eigenvalue weighted by Crippen LogP contribution is -2.48. The van der Waals surface area contributed by atoms with E-state index in [-0.39, 0.29) is 12.6 Å². The second kappa shape index (κ2) is 9.07. The summed E-state index contributed by atoms with van der Waals surface area (Å²) >= 11 is 12.0. The minimum absolute atomic E-state index is 0.0701. The minimum atomic E-state index is -0.0701. The maximum atomic E-state index is 12.8. The molecule has 10 heteroatoms. The highest BCUT2D eigenvalue weighted by atomic mass is 35.5. The third-order valence-electron chi connectivity index (χ3n) is 4.93. The first-order valence-electron chi connectivity index (χ1n) is 9.58. The van der Waals surface area contributed by atoms with Crippen molar-refractivity contribution in [1.29, 1.82) is 0 Å². The van der Waals surface area contributed by atoms with Gasteiger partial charge in [-0.15, -0.1) is 0 Å². The summed E-state index contributed by atoms with van der Waals surface area (Å²) in [5, 5.41) is 9.51. The van der Waals surface area contributed by atoms with Crippen LogP contribution in [0.25, 0.3) is 0 Å². The Labute approximate surface area is 184 Å². The van der Waals surface area contributed by atoms with Crippen molar-refractivity contribution in [3.05, 3.63) is 64.2 Å². The molecule has 30 heavy (non-hydrogen) atoms. The Hall–Kier alpha value is -2.55. The van der Waals surface area contributed by atoms with Gasteiger partial charge in [-0.1, -0.05) is 23.2 Å². The number of piperazine rings is 1. The van der Waals surface area contributed by atoms with Gasteiger partial charge in [0.1, 0.15) is 5.75 Å². The van der Waals surface area contributed by atoms with Gasteiger partial charge in [0.05, 0.1) is 11.2 Å². The van der Waals surface area contributed by atoms with Crippen LogP contribution < -0.4 is 4.74 Å². The van der Waals surface area contributed by atoms with E-state index in [9.17, 15) is 4.79 Å². The van der Waals surface area contributed by atoms with Crippen LogP contribution >= 0.6 is 23.2 Å². The molecular formula is C20H22Cl2N6O2. The fraction of sp³-hybridized carbons (Fsp3) is 0.350. The Balaban J connectivity index is 1.28. The molecule has 158 valence electrons.